The van der Waals surface area contributed by atoms with Crippen molar-refractivity contribution in [2.45, 2.75) is 39.3 Å². The summed E-state index contributed by atoms with van der Waals surface area (Å²) < 4.78 is 19.8. The molecule has 0 aliphatic rings. The third kappa shape index (κ3) is 7.67. The highest BCUT2D eigenvalue weighted by Crippen LogP contribution is 2.19. The van der Waals surface area contributed by atoms with E-state index in [1.165, 1.54) is 11.0 Å². The van der Waals surface area contributed by atoms with Crippen LogP contribution in [0.15, 0.2) is 78.9 Å². The fourth-order valence-corrected chi connectivity index (χ4v) is 3.81. The van der Waals surface area contributed by atoms with E-state index in [2.05, 4.69) is 5.32 Å². The Balaban J connectivity index is 1.95. The molecule has 5 nitrogen and oxygen atoms in total. The number of benzene rings is 3. The van der Waals surface area contributed by atoms with Crippen LogP contribution in [0.4, 0.5) is 4.39 Å². The van der Waals surface area contributed by atoms with Gasteiger partial charge < -0.3 is 15.0 Å². The van der Waals surface area contributed by atoms with E-state index in [1.807, 2.05) is 56.3 Å². The maximum atomic E-state index is 14.6. The molecular formula is C29H33FN2O3. The molecule has 3 rings (SSSR count). The van der Waals surface area contributed by atoms with Gasteiger partial charge in [0.1, 0.15) is 17.6 Å². The Hall–Kier alpha value is -3.67. The highest BCUT2D eigenvalue weighted by Gasteiger charge is 2.31. The molecule has 0 fully saturated rings. The van der Waals surface area contributed by atoms with E-state index in [9.17, 15) is 14.0 Å². The quantitative estimate of drug-likeness (QED) is 0.433. The predicted molar refractivity (Wildman–Crippen MR) is 135 cm³/mol. The van der Waals surface area contributed by atoms with Crippen LogP contribution in [-0.2, 0) is 29.0 Å². The number of rotatable bonds is 11. The van der Waals surface area contributed by atoms with Gasteiger partial charge in [0.25, 0.3) is 0 Å². The number of methoxy groups -OCH3 is 1. The van der Waals surface area contributed by atoms with Gasteiger partial charge in [0.15, 0.2) is 0 Å². The molecule has 6 heteroatoms. The van der Waals surface area contributed by atoms with E-state index in [0.717, 1.165) is 11.1 Å². The number of ether oxygens (including phenoxy) is 1. The first kappa shape index (κ1) is 25.9. The van der Waals surface area contributed by atoms with Gasteiger partial charge in [-0.1, -0.05) is 74.5 Å². The van der Waals surface area contributed by atoms with Crippen LogP contribution in [0, 0.1) is 11.7 Å². The van der Waals surface area contributed by atoms with Gasteiger partial charge in [0.2, 0.25) is 11.8 Å². The minimum atomic E-state index is -0.790. The number of halogens is 1. The van der Waals surface area contributed by atoms with E-state index >= 15 is 0 Å². The zero-order valence-corrected chi connectivity index (χ0v) is 20.5. The van der Waals surface area contributed by atoms with Gasteiger partial charge >= 0.3 is 0 Å². The molecule has 3 aromatic carbocycles. The molecule has 0 heterocycles. The van der Waals surface area contributed by atoms with Crippen LogP contribution < -0.4 is 10.1 Å². The second kappa shape index (κ2) is 12.7. The third-order valence-electron chi connectivity index (χ3n) is 5.77. The number of hydrogen-bond donors (Lipinski definition) is 1. The zero-order valence-electron chi connectivity index (χ0n) is 20.5. The van der Waals surface area contributed by atoms with Crippen molar-refractivity contribution in [3.63, 3.8) is 0 Å². The SMILES string of the molecule is COc1ccc(CC(=O)N(Cc2ccccc2F)[C@H](Cc2ccccc2)C(=O)NCC(C)C)cc1. The minimum absolute atomic E-state index is 0.00569. The summed E-state index contributed by atoms with van der Waals surface area (Å²) in [5, 5.41) is 2.97. The van der Waals surface area contributed by atoms with Gasteiger partial charge in [-0.15, -0.1) is 0 Å². The van der Waals surface area contributed by atoms with Gasteiger partial charge in [-0.05, 0) is 35.2 Å². The molecule has 1 N–H and O–H groups in total. The average molecular weight is 477 g/mol. The normalized spacial score (nSPS) is 11.7. The van der Waals surface area contributed by atoms with Crippen molar-refractivity contribution in [2.24, 2.45) is 5.92 Å². The molecule has 0 aliphatic heterocycles. The number of nitrogens with one attached hydrogen (secondary N) is 1. The van der Waals surface area contributed by atoms with E-state index in [4.69, 9.17) is 4.74 Å². The van der Waals surface area contributed by atoms with Crippen molar-refractivity contribution in [2.75, 3.05) is 13.7 Å². The smallest absolute Gasteiger partial charge is 0.243 e. The molecule has 35 heavy (non-hydrogen) atoms. The van der Waals surface area contributed by atoms with E-state index in [-0.39, 0.29) is 30.7 Å². The van der Waals surface area contributed by atoms with Crippen molar-refractivity contribution in [3.05, 3.63) is 101 Å². The molecule has 3 aromatic rings. The van der Waals surface area contributed by atoms with E-state index < -0.39 is 11.9 Å². The molecule has 0 spiro atoms. The summed E-state index contributed by atoms with van der Waals surface area (Å²) in [6.45, 7) is 4.51. The maximum Gasteiger partial charge on any atom is 0.243 e. The van der Waals surface area contributed by atoms with Crippen molar-refractivity contribution < 1.29 is 18.7 Å². The largest absolute Gasteiger partial charge is 0.497 e. The molecule has 0 aliphatic carbocycles. The van der Waals surface area contributed by atoms with Crippen LogP contribution in [0.5, 0.6) is 5.75 Å². The number of amides is 2. The summed E-state index contributed by atoms with van der Waals surface area (Å²) in [6, 6.07) is 22.4. The fraction of sp³-hybridized carbons (Fsp3) is 0.310. The number of carbonyl (C=O) groups is 2. The number of carbonyl (C=O) groups excluding carboxylic acids is 2. The fourth-order valence-electron chi connectivity index (χ4n) is 3.81. The minimum Gasteiger partial charge on any atom is -0.497 e. The average Bonchev–Trinajstić information content (AvgIpc) is 2.86. The van der Waals surface area contributed by atoms with Crippen LogP contribution in [0.2, 0.25) is 0 Å². The molecule has 184 valence electrons. The van der Waals surface area contributed by atoms with Crippen molar-refractivity contribution >= 4 is 11.8 Å². The first-order valence-corrected chi connectivity index (χ1v) is 11.8. The lowest BCUT2D eigenvalue weighted by Gasteiger charge is -2.32. The van der Waals surface area contributed by atoms with Gasteiger partial charge in [-0.3, -0.25) is 9.59 Å². The molecule has 0 radical (unpaired) electrons. The lowest BCUT2D eigenvalue weighted by atomic mass is 10.0. The topological polar surface area (TPSA) is 58.6 Å². The zero-order chi connectivity index (χ0) is 25.2. The molecule has 0 aromatic heterocycles. The number of hydrogen-bond acceptors (Lipinski definition) is 3. The standard InChI is InChI=1S/C29H33FN2O3/c1-21(2)19-31-29(34)27(17-22-9-5-4-6-10-22)32(20-24-11-7-8-12-26(24)30)28(33)18-23-13-15-25(35-3)16-14-23/h4-16,21,27H,17-20H2,1-3H3,(H,31,34)/t27-/m1/s1. The summed E-state index contributed by atoms with van der Waals surface area (Å²) in [5.74, 6) is 0.0441. The Morgan fingerprint density at radius 3 is 2.20 bits per heavy atom. The van der Waals surface area contributed by atoms with Crippen LogP contribution in [-0.4, -0.2) is 36.4 Å². The van der Waals surface area contributed by atoms with E-state index in [0.29, 0.717) is 24.3 Å². The van der Waals surface area contributed by atoms with Gasteiger partial charge in [-0.25, -0.2) is 4.39 Å². The van der Waals surface area contributed by atoms with Gasteiger partial charge in [-0.2, -0.15) is 0 Å². The Kier molecular flexibility index (Phi) is 9.41. The highest BCUT2D eigenvalue weighted by molar-refractivity contribution is 5.88. The van der Waals surface area contributed by atoms with Crippen molar-refractivity contribution in [1.29, 1.82) is 0 Å². The Morgan fingerprint density at radius 2 is 1.57 bits per heavy atom. The molecule has 2 amide bonds. The second-order valence-corrected chi connectivity index (χ2v) is 8.98. The lowest BCUT2D eigenvalue weighted by Crippen LogP contribution is -2.51. The molecule has 0 saturated heterocycles. The van der Waals surface area contributed by atoms with E-state index in [1.54, 1.807) is 37.4 Å². The van der Waals surface area contributed by atoms with Crippen LogP contribution in [0.25, 0.3) is 0 Å². The Morgan fingerprint density at radius 1 is 0.914 bits per heavy atom. The Bertz CT molecular complexity index is 1100. The van der Waals surface area contributed by atoms with Crippen LogP contribution in [0.3, 0.4) is 0 Å². The lowest BCUT2D eigenvalue weighted by molar-refractivity contribution is -0.140. The van der Waals surface area contributed by atoms with Gasteiger partial charge in [0, 0.05) is 25.1 Å². The first-order chi connectivity index (χ1) is 16.9. The summed E-state index contributed by atoms with van der Waals surface area (Å²) in [5.41, 5.74) is 2.08. The maximum absolute atomic E-state index is 14.6. The third-order valence-corrected chi connectivity index (χ3v) is 5.77. The van der Waals surface area contributed by atoms with Crippen molar-refractivity contribution in [3.8, 4) is 5.75 Å². The van der Waals surface area contributed by atoms with Crippen LogP contribution in [0.1, 0.15) is 30.5 Å². The number of nitrogens with zero attached hydrogens (tertiary/aromatic N) is 1. The summed E-state index contributed by atoms with van der Waals surface area (Å²) in [6.07, 6.45) is 0.411. The van der Waals surface area contributed by atoms with Crippen LogP contribution >= 0.6 is 0 Å². The summed E-state index contributed by atoms with van der Waals surface area (Å²) in [7, 11) is 1.58. The monoisotopic (exact) mass is 476 g/mol. The highest BCUT2D eigenvalue weighted by atomic mass is 19.1. The molecule has 0 bridgehead atoms. The van der Waals surface area contributed by atoms with Crippen molar-refractivity contribution in [1.82, 2.24) is 10.2 Å². The Labute approximate surface area is 206 Å². The summed E-state index contributed by atoms with van der Waals surface area (Å²) >= 11 is 0. The predicted octanol–water partition coefficient (Wildman–Crippen LogP) is 4.79. The molecule has 1 atom stereocenters. The molecule has 0 unspecified atom stereocenters. The molecular weight excluding hydrogens is 443 g/mol. The second-order valence-electron chi connectivity index (χ2n) is 8.98. The first-order valence-electron chi connectivity index (χ1n) is 11.8. The molecule has 0 saturated carbocycles. The van der Waals surface area contributed by atoms with Gasteiger partial charge in [0.05, 0.1) is 13.5 Å². The summed E-state index contributed by atoms with van der Waals surface area (Å²) in [4.78, 5) is 28.5.